The third-order valence-electron chi connectivity index (χ3n) is 11.5. The summed E-state index contributed by atoms with van der Waals surface area (Å²) in [6.07, 6.45) is 28.9. The third-order valence-corrected chi connectivity index (χ3v) is 18.9. The molecule has 0 aromatic carbocycles. The van der Waals surface area contributed by atoms with Gasteiger partial charge in [0, 0.05) is 128 Å². The van der Waals surface area contributed by atoms with Crippen LogP contribution >= 0.6 is 15.8 Å². The Morgan fingerprint density at radius 2 is 0.860 bits per heavy atom. The quantitative estimate of drug-likeness (QED) is 0.0566. The maximum Gasteiger partial charge on any atom is 0.190 e. The van der Waals surface area contributed by atoms with Crippen LogP contribution in [0, 0.1) is 0 Å². The number of methoxy groups -OCH3 is 4. The zero-order valence-electron chi connectivity index (χ0n) is 37.2. The van der Waals surface area contributed by atoms with E-state index in [2.05, 4.69) is 10.6 Å². The third kappa shape index (κ3) is 22.4. The fraction of sp³-hybridized carbons (Fsp3) is 0.864. The van der Waals surface area contributed by atoms with Gasteiger partial charge in [0.25, 0.3) is 0 Å². The number of carbonyl (C=O) groups is 2. The number of hydrogen-bond acceptors (Lipinski definition) is 8. The monoisotopic (exact) mass is 927 g/mol. The normalized spacial score (nSPS) is 21.0. The number of ketones is 2. The molecule has 4 aliphatic rings. The molecule has 0 bridgehead atoms. The van der Waals surface area contributed by atoms with E-state index in [4.69, 9.17) is 28.4 Å². The van der Waals surface area contributed by atoms with Crippen molar-refractivity contribution in [3.8, 4) is 0 Å². The maximum absolute atomic E-state index is 11.9. The van der Waals surface area contributed by atoms with Crippen LogP contribution in [0.5, 0.6) is 0 Å². The Kier molecular flexibility index (Phi) is 31.1. The molecule has 0 unspecified atom stereocenters. The van der Waals surface area contributed by atoms with Crippen LogP contribution in [-0.4, -0.2) is 140 Å². The fourth-order valence-electron chi connectivity index (χ4n) is 8.07. The van der Waals surface area contributed by atoms with Crippen LogP contribution in [0.25, 0.3) is 10.6 Å². The summed E-state index contributed by atoms with van der Waals surface area (Å²) in [5.41, 5.74) is 1.86. The second-order valence-corrected chi connectivity index (χ2v) is 23.0. The summed E-state index contributed by atoms with van der Waals surface area (Å²) in [6.45, 7) is 12.3. The van der Waals surface area contributed by atoms with E-state index in [0.29, 0.717) is 37.4 Å². The molecule has 10 nitrogen and oxygen atoms in total. The Hall–Kier alpha value is -0.311. The molecule has 4 fully saturated rings. The molecule has 57 heavy (non-hydrogen) atoms. The van der Waals surface area contributed by atoms with Crippen molar-refractivity contribution in [2.75, 3.05) is 106 Å². The Balaban J connectivity index is 0.000000430. The fourth-order valence-corrected chi connectivity index (χ4v) is 15.0. The van der Waals surface area contributed by atoms with Gasteiger partial charge in [-0.15, -0.1) is 13.1 Å². The zero-order valence-corrected chi connectivity index (χ0v) is 41.1. The molecule has 0 amide bonds. The molecule has 2 heterocycles. The molecule has 2 saturated carbocycles. The first-order valence-corrected chi connectivity index (χ1v) is 25.7. The van der Waals surface area contributed by atoms with Crippen molar-refractivity contribution >= 4 is 27.4 Å². The van der Waals surface area contributed by atoms with Crippen molar-refractivity contribution in [3.63, 3.8) is 0 Å². The van der Waals surface area contributed by atoms with Crippen molar-refractivity contribution in [2.45, 2.75) is 140 Å². The van der Waals surface area contributed by atoms with Gasteiger partial charge in [0.2, 0.25) is 0 Å². The van der Waals surface area contributed by atoms with Gasteiger partial charge in [-0.1, -0.05) is 12.8 Å². The molecule has 2 saturated heterocycles. The van der Waals surface area contributed by atoms with E-state index >= 15 is 0 Å². The summed E-state index contributed by atoms with van der Waals surface area (Å²) in [5.74, 6) is -0.0440. The number of nitrogens with zero attached hydrogens (tertiary/aromatic N) is 2. The second-order valence-electron chi connectivity index (χ2n) is 16.7. The van der Waals surface area contributed by atoms with Crippen LogP contribution in [0.15, 0.2) is 23.5 Å². The first kappa shape index (κ1) is 54.7. The van der Waals surface area contributed by atoms with E-state index in [1.54, 1.807) is 40.1 Å². The Morgan fingerprint density at radius 1 is 0.561 bits per heavy atom. The van der Waals surface area contributed by atoms with Crippen LogP contribution in [0.3, 0.4) is 0 Å². The SMILES string of the molecule is CC1(C)OC/C(=C/[N-]CC[N-]/C=C2/COC(C)(C)C2=O)C1=O.COCCC[PH+](CCCOC)C1CCCCC1.COCCC[PH+](CCCOC)C1CCCCC1.[99Tc]. The molecular weight excluding hydrogens is 845 g/mol. The van der Waals surface area contributed by atoms with Crippen LogP contribution < -0.4 is 0 Å². The first-order chi connectivity index (χ1) is 27.0. The Morgan fingerprint density at radius 3 is 1.11 bits per heavy atom. The van der Waals surface area contributed by atoms with Gasteiger partial charge in [-0.25, -0.2) is 0 Å². The molecule has 333 valence electrons. The van der Waals surface area contributed by atoms with E-state index in [-0.39, 0.29) is 47.5 Å². The van der Waals surface area contributed by atoms with E-state index in [1.807, 2.05) is 28.4 Å². The number of carbonyl (C=O) groups excluding carboxylic acids is 2. The standard InChI is InChI=1S/C16H24N2O4.2C14H29O2P.Tc/c1-15(2)13(19)11(9-21-15)7-17-5-6-18-8-12-10-22-16(3,4)14(12)20;2*1-15-10-6-12-17(13-7-11-16-2)14-8-4-3-5-9-14;/h7-8H,5-6,9-10H2,1-4H3,(H2,17,18,19,20);2*14H,3-13H2,1-2H3;/i;;;1+1. The minimum absolute atomic E-state index is 0. The predicted molar refractivity (Wildman–Crippen MR) is 239 cm³/mol. The molecular formula is C44H82N2O8P2Tc. The largest absolute Gasteiger partial charge is 0.691 e. The summed E-state index contributed by atoms with van der Waals surface area (Å²) >= 11 is 0. The van der Waals surface area contributed by atoms with Crippen molar-refractivity contribution in [3.05, 3.63) is 34.2 Å². The van der Waals surface area contributed by atoms with E-state index in [0.717, 1.165) is 37.7 Å². The zero-order chi connectivity index (χ0) is 41.1. The van der Waals surface area contributed by atoms with Gasteiger partial charge in [-0.3, -0.25) is 9.59 Å². The van der Waals surface area contributed by atoms with Crippen LogP contribution in [0.1, 0.15) is 118 Å². The summed E-state index contributed by atoms with van der Waals surface area (Å²) in [5, 5.41) is 8.36. The number of Topliss-reactive ketones (excluding diaryl/α,β-unsaturated/α-hetero) is 2. The van der Waals surface area contributed by atoms with Gasteiger partial charge in [-0.2, -0.15) is 12.4 Å². The topological polar surface area (TPSA) is 118 Å². The number of hydrogen-bond donors (Lipinski definition) is 0. The Labute approximate surface area is 364 Å². The smallest absolute Gasteiger partial charge is 0.190 e. The van der Waals surface area contributed by atoms with Gasteiger partial charge in [-0.05, 0) is 79.1 Å². The molecule has 1 radical (unpaired) electrons. The van der Waals surface area contributed by atoms with Gasteiger partial charge in [0.15, 0.2) is 11.6 Å². The predicted octanol–water partition coefficient (Wildman–Crippen LogP) is 9.47. The van der Waals surface area contributed by atoms with Crippen LogP contribution in [0.2, 0.25) is 0 Å². The molecule has 0 N–H and O–H groups in total. The average Bonchev–Trinajstić information content (AvgIpc) is 3.62. The van der Waals surface area contributed by atoms with Crippen molar-refractivity contribution in [2.24, 2.45) is 0 Å². The Bertz CT molecular complexity index is 1020. The molecule has 0 aromatic rings. The van der Waals surface area contributed by atoms with E-state index < -0.39 is 11.2 Å². The van der Waals surface area contributed by atoms with Crippen LogP contribution in [-0.2, 0) is 58.1 Å². The summed E-state index contributed by atoms with van der Waals surface area (Å²) in [4.78, 5) is 23.8. The summed E-state index contributed by atoms with van der Waals surface area (Å²) in [6, 6.07) is 0. The summed E-state index contributed by atoms with van der Waals surface area (Å²) in [7, 11) is 6.97. The molecule has 2 aliphatic carbocycles. The van der Waals surface area contributed by atoms with Gasteiger partial charge in [0.05, 0.1) is 49.2 Å². The van der Waals surface area contributed by atoms with Gasteiger partial charge < -0.3 is 39.1 Å². The molecule has 0 aromatic heterocycles. The molecule has 0 spiro atoms. The first-order valence-electron chi connectivity index (χ1n) is 21.7. The minimum Gasteiger partial charge on any atom is -0.691 e. The van der Waals surface area contributed by atoms with E-state index in [1.165, 1.54) is 115 Å². The maximum atomic E-state index is 11.9. The molecule has 4 rings (SSSR count). The molecule has 13 heteroatoms. The summed E-state index contributed by atoms with van der Waals surface area (Å²) < 4.78 is 31.5. The van der Waals surface area contributed by atoms with Gasteiger partial charge >= 0.3 is 0 Å². The van der Waals surface area contributed by atoms with Gasteiger partial charge in [0.1, 0.15) is 11.2 Å². The minimum atomic E-state index is -0.744. The number of ether oxygens (including phenoxy) is 6. The molecule has 2 aliphatic heterocycles. The van der Waals surface area contributed by atoms with Crippen molar-refractivity contribution in [1.29, 1.82) is 0 Å². The van der Waals surface area contributed by atoms with E-state index in [9.17, 15) is 9.59 Å². The number of rotatable bonds is 23. The average molecular weight is 928 g/mol. The second kappa shape index (κ2) is 32.4. The molecule has 0 atom stereocenters. The van der Waals surface area contributed by atoms with Crippen molar-refractivity contribution < 1.29 is 58.1 Å². The van der Waals surface area contributed by atoms with Crippen molar-refractivity contribution in [1.82, 2.24) is 0 Å². The van der Waals surface area contributed by atoms with Crippen LogP contribution in [0.4, 0.5) is 0 Å².